The molecule has 33 heavy (non-hydrogen) atoms. The summed E-state index contributed by atoms with van der Waals surface area (Å²) in [5.74, 6) is -1.00. The molecule has 3 aromatic rings. The molecule has 0 fully saturated rings. The lowest BCUT2D eigenvalue weighted by Crippen LogP contribution is -2.33. The third kappa shape index (κ3) is 6.19. The third-order valence-corrected chi connectivity index (χ3v) is 5.33. The number of aliphatic carboxylic acids is 1. The molecular weight excluding hydrogens is 422 g/mol. The lowest BCUT2D eigenvalue weighted by molar-refractivity contribution is -0.137. The Labute approximate surface area is 191 Å². The SMILES string of the molecule is CC(C)(C)c1cc2cn(-c3ccc([C@H](CC(=O)O)NCCCNC(=N)N)cc3)c(=O)nc2[nH]1. The molecule has 176 valence electrons. The minimum Gasteiger partial charge on any atom is -0.481 e. The summed E-state index contributed by atoms with van der Waals surface area (Å²) >= 11 is 0. The molecule has 0 spiro atoms. The molecule has 0 unspecified atom stereocenters. The van der Waals surface area contributed by atoms with E-state index in [-0.39, 0.29) is 23.8 Å². The fraction of sp³-hybridized carbons (Fsp3) is 0.391. The van der Waals surface area contributed by atoms with Crippen molar-refractivity contribution in [2.75, 3.05) is 13.1 Å². The minimum atomic E-state index is -0.911. The smallest absolute Gasteiger partial charge is 0.354 e. The first-order valence-electron chi connectivity index (χ1n) is 10.8. The number of rotatable bonds is 9. The number of nitrogens with two attached hydrogens (primary N) is 1. The van der Waals surface area contributed by atoms with Gasteiger partial charge < -0.3 is 26.5 Å². The topological polar surface area (TPSA) is 162 Å². The fourth-order valence-electron chi connectivity index (χ4n) is 3.52. The van der Waals surface area contributed by atoms with Gasteiger partial charge in [-0.3, -0.25) is 14.8 Å². The minimum absolute atomic E-state index is 0.0775. The Morgan fingerprint density at radius 2 is 1.97 bits per heavy atom. The van der Waals surface area contributed by atoms with Crippen LogP contribution in [0.1, 0.15) is 50.9 Å². The van der Waals surface area contributed by atoms with E-state index in [1.165, 1.54) is 4.57 Å². The molecule has 3 rings (SSSR count). The van der Waals surface area contributed by atoms with E-state index < -0.39 is 11.7 Å². The molecular formula is C23H31N7O3. The van der Waals surface area contributed by atoms with Gasteiger partial charge in [0.2, 0.25) is 0 Å². The standard InChI is InChI=1S/C23H31N7O3/c1-23(2,3)18-11-15-13-30(22(33)29-20(15)28-18)16-7-5-14(6-8-16)17(12-19(31)32)26-9-4-10-27-21(24)25/h5-8,11,13,17,26H,4,9-10,12H2,1-3H3,(H,31,32)(H4,24,25,27)(H,28,29,33)/t17-/m0/s1. The number of fused-ring (bicyclic) bond motifs is 1. The van der Waals surface area contributed by atoms with Crippen LogP contribution in [0.15, 0.2) is 41.3 Å². The highest BCUT2D eigenvalue weighted by Gasteiger charge is 2.18. The monoisotopic (exact) mass is 453 g/mol. The van der Waals surface area contributed by atoms with E-state index >= 15 is 0 Å². The van der Waals surface area contributed by atoms with Gasteiger partial charge in [-0.25, -0.2) is 4.79 Å². The number of hydrogen-bond donors (Lipinski definition) is 6. The number of H-pyrrole nitrogens is 1. The van der Waals surface area contributed by atoms with E-state index in [1.54, 1.807) is 18.3 Å². The van der Waals surface area contributed by atoms with Gasteiger partial charge in [-0.05, 0) is 36.7 Å². The van der Waals surface area contributed by atoms with Gasteiger partial charge in [-0.15, -0.1) is 0 Å². The molecule has 2 aromatic heterocycles. The zero-order valence-corrected chi connectivity index (χ0v) is 19.1. The molecule has 0 aliphatic carbocycles. The summed E-state index contributed by atoms with van der Waals surface area (Å²) in [6.45, 7) is 7.34. The van der Waals surface area contributed by atoms with Crippen LogP contribution in [0.3, 0.4) is 0 Å². The first-order valence-corrected chi connectivity index (χ1v) is 10.8. The van der Waals surface area contributed by atoms with Gasteiger partial charge in [-0.2, -0.15) is 4.98 Å². The molecule has 0 aliphatic heterocycles. The zero-order chi connectivity index (χ0) is 24.2. The Kier molecular flexibility index (Phi) is 7.17. The normalized spacial score (nSPS) is 12.6. The van der Waals surface area contributed by atoms with Crippen LogP contribution in [0.2, 0.25) is 0 Å². The second-order valence-electron chi connectivity index (χ2n) is 9.02. The Morgan fingerprint density at radius 3 is 2.58 bits per heavy atom. The van der Waals surface area contributed by atoms with Crippen molar-refractivity contribution < 1.29 is 9.90 Å². The van der Waals surface area contributed by atoms with E-state index in [2.05, 4.69) is 41.4 Å². The molecule has 0 amide bonds. The number of nitrogens with zero attached hydrogens (tertiary/aromatic N) is 2. The first kappa shape index (κ1) is 24.0. The van der Waals surface area contributed by atoms with E-state index in [1.807, 2.05) is 18.2 Å². The number of carbonyl (C=O) groups is 1. The number of carboxylic acid groups (broad SMARTS) is 1. The average molecular weight is 454 g/mol. The Balaban J connectivity index is 1.80. The van der Waals surface area contributed by atoms with Crippen molar-refractivity contribution in [3.8, 4) is 5.69 Å². The Hall–Kier alpha value is -3.66. The van der Waals surface area contributed by atoms with Crippen molar-refractivity contribution in [1.29, 1.82) is 5.41 Å². The van der Waals surface area contributed by atoms with Gasteiger partial charge in [0.05, 0.1) is 12.1 Å². The third-order valence-electron chi connectivity index (χ3n) is 5.33. The molecule has 0 radical (unpaired) electrons. The molecule has 10 heteroatoms. The quantitative estimate of drug-likeness (QED) is 0.164. The van der Waals surface area contributed by atoms with Crippen LogP contribution in [0, 0.1) is 5.41 Å². The van der Waals surface area contributed by atoms with Gasteiger partial charge >= 0.3 is 11.7 Å². The number of aromatic amines is 1. The highest BCUT2D eigenvalue weighted by molar-refractivity contribution is 5.76. The predicted molar refractivity (Wildman–Crippen MR) is 128 cm³/mol. The van der Waals surface area contributed by atoms with Gasteiger partial charge in [0.15, 0.2) is 5.96 Å². The molecule has 0 saturated carbocycles. The number of carboxylic acids is 1. The summed E-state index contributed by atoms with van der Waals surface area (Å²) in [6.07, 6.45) is 2.37. The van der Waals surface area contributed by atoms with E-state index in [9.17, 15) is 14.7 Å². The molecule has 1 aromatic carbocycles. The second kappa shape index (κ2) is 9.86. The molecule has 10 nitrogen and oxygen atoms in total. The summed E-state index contributed by atoms with van der Waals surface area (Å²) in [6, 6.07) is 8.83. The van der Waals surface area contributed by atoms with Crippen LogP contribution in [-0.4, -0.2) is 44.7 Å². The van der Waals surface area contributed by atoms with E-state index in [0.717, 1.165) is 16.6 Å². The number of guanidine groups is 1. The van der Waals surface area contributed by atoms with Crippen LogP contribution in [0.25, 0.3) is 16.7 Å². The first-order chi connectivity index (χ1) is 15.5. The Morgan fingerprint density at radius 1 is 1.27 bits per heavy atom. The number of aromatic nitrogens is 3. The molecule has 1 atom stereocenters. The maximum atomic E-state index is 12.6. The van der Waals surface area contributed by atoms with Crippen molar-refractivity contribution >= 4 is 23.0 Å². The summed E-state index contributed by atoms with van der Waals surface area (Å²) in [4.78, 5) is 31.4. The zero-order valence-electron chi connectivity index (χ0n) is 19.1. The molecule has 0 bridgehead atoms. The summed E-state index contributed by atoms with van der Waals surface area (Å²) < 4.78 is 1.49. The van der Waals surface area contributed by atoms with Gasteiger partial charge in [-0.1, -0.05) is 32.9 Å². The molecule has 0 saturated heterocycles. The Bertz CT molecular complexity index is 1190. The van der Waals surface area contributed by atoms with Gasteiger partial charge in [0.1, 0.15) is 5.65 Å². The van der Waals surface area contributed by atoms with E-state index in [0.29, 0.717) is 30.8 Å². The number of benzene rings is 1. The highest BCUT2D eigenvalue weighted by Crippen LogP contribution is 2.25. The maximum absolute atomic E-state index is 12.6. The number of hydrogen-bond acceptors (Lipinski definition) is 5. The fourth-order valence-corrected chi connectivity index (χ4v) is 3.52. The summed E-state index contributed by atoms with van der Waals surface area (Å²) in [5.41, 5.74) is 7.78. The average Bonchev–Trinajstić information content (AvgIpc) is 3.15. The molecule has 7 N–H and O–H groups in total. The van der Waals surface area contributed by atoms with Crippen molar-refractivity contribution in [2.45, 2.75) is 45.1 Å². The van der Waals surface area contributed by atoms with Crippen molar-refractivity contribution in [3.63, 3.8) is 0 Å². The van der Waals surface area contributed by atoms with Crippen LogP contribution >= 0.6 is 0 Å². The van der Waals surface area contributed by atoms with Crippen LogP contribution < -0.4 is 22.1 Å². The van der Waals surface area contributed by atoms with Crippen molar-refractivity contribution in [1.82, 2.24) is 25.2 Å². The second-order valence-corrected chi connectivity index (χ2v) is 9.02. The van der Waals surface area contributed by atoms with Crippen LogP contribution in [0.5, 0.6) is 0 Å². The summed E-state index contributed by atoms with van der Waals surface area (Å²) in [7, 11) is 0. The largest absolute Gasteiger partial charge is 0.481 e. The lowest BCUT2D eigenvalue weighted by atomic mass is 9.92. The van der Waals surface area contributed by atoms with Crippen LogP contribution in [0.4, 0.5) is 0 Å². The van der Waals surface area contributed by atoms with Crippen LogP contribution in [-0.2, 0) is 10.2 Å². The summed E-state index contributed by atoms with van der Waals surface area (Å²) in [5, 5.41) is 23.2. The lowest BCUT2D eigenvalue weighted by Gasteiger charge is -2.18. The van der Waals surface area contributed by atoms with E-state index in [4.69, 9.17) is 11.1 Å². The molecule has 2 heterocycles. The maximum Gasteiger partial charge on any atom is 0.354 e. The van der Waals surface area contributed by atoms with Crippen molar-refractivity contribution in [3.05, 3.63) is 58.3 Å². The highest BCUT2D eigenvalue weighted by atomic mass is 16.4. The number of nitrogens with one attached hydrogen (secondary N) is 4. The predicted octanol–water partition coefficient (Wildman–Crippen LogP) is 1.99. The van der Waals surface area contributed by atoms with Gasteiger partial charge in [0, 0.05) is 35.3 Å². The molecule has 0 aliphatic rings. The van der Waals surface area contributed by atoms with Gasteiger partial charge in [0.25, 0.3) is 0 Å². The van der Waals surface area contributed by atoms with Crippen molar-refractivity contribution in [2.24, 2.45) is 5.73 Å².